The zero-order valence-corrected chi connectivity index (χ0v) is 17.3. The Morgan fingerprint density at radius 3 is 2.53 bits per heavy atom. The van der Waals surface area contributed by atoms with Gasteiger partial charge in [-0.25, -0.2) is 9.78 Å². The molecule has 1 amide bonds. The van der Waals surface area contributed by atoms with E-state index in [1.54, 1.807) is 12.1 Å². The Bertz CT molecular complexity index is 1220. The van der Waals surface area contributed by atoms with E-state index in [1.807, 2.05) is 5.32 Å². The van der Waals surface area contributed by atoms with Gasteiger partial charge in [0.05, 0.1) is 22.4 Å². The topological polar surface area (TPSA) is 134 Å². The van der Waals surface area contributed by atoms with Gasteiger partial charge in [0.25, 0.3) is 11.6 Å². The molecule has 1 unspecified atom stereocenters. The van der Waals surface area contributed by atoms with Crippen molar-refractivity contribution in [1.82, 2.24) is 9.97 Å². The Balaban J connectivity index is 1.75. The van der Waals surface area contributed by atoms with Crippen molar-refractivity contribution < 1.29 is 37.2 Å². The molecule has 0 aliphatic heterocycles. The van der Waals surface area contributed by atoms with E-state index in [0.29, 0.717) is 6.07 Å². The van der Waals surface area contributed by atoms with Gasteiger partial charge in [-0.15, -0.1) is 0 Å². The summed E-state index contributed by atoms with van der Waals surface area (Å²) in [5.74, 6) is -1.97. The number of nitrogens with zero attached hydrogens (tertiary/aromatic N) is 3. The highest BCUT2D eigenvalue weighted by Gasteiger charge is 2.36. The third-order valence-corrected chi connectivity index (χ3v) is 4.27. The number of non-ortho nitro benzene ring substituents is 1. The van der Waals surface area contributed by atoms with Gasteiger partial charge in [-0.2, -0.15) is 13.2 Å². The summed E-state index contributed by atoms with van der Waals surface area (Å²) in [6, 6.07) is 7.75. The number of carbonyl (C=O) groups is 2. The number of carbonyl (C=O) groups excluding carboxylic acids is 2. The molecule has 0 fully saturated rings. The maximum absolute atomic E-state index is 13.3. The average molecular weight is 476 g/mol. The molecular formula is C21H15F3N4O6. The molecule has 0 radical (unpaired) electrons. The molecule has 0 saturated carbocycles. The van der Waals surface area contributed by atoms with E-state index in [4.69, 9.17) is 9.47 Å². The number of ether oxygens (including phenoxy) is 2. The molecule has 10 nitrogen and oxygen atoms in total. The van der Waals surface area contributed by atoms with Crippen molar-refractivity contribution in [3.05, 3.63) is 82.3 Å². The quantitative estimate of drug-likeness (QED) is 0.302. The van der Waals surface area contributed by atoms with Crippen molar-refractivity contribution in [2.45, 2.75) is 19.2 Å². The highest BCUT2D eigenvalue weighted by Crippen LogP contribution is 2.37. The summed E-state index contributed by atoms with van der Waals surface area (Å²) < 4.78 is 50.5. The van der Waals surface area contributed by atoms with Gasteiger partial charge in [0, 0.05) is 24.5 Å². The van der Waals surface area contributed by atoms with E-state index in [-0.39, 0.29) is 17.2 Å². The van der Waals surface area contributed by atoms with E-state index >= 15 is 0 Å². The number of amides is 1. The smallest absolute Gasteiger partial charge is 0.418 e. The van der Waals surface area contributed by atoms with Crippen molar-refractivity contribution in [3.63, 3.8) is 0 Å². The summed E-state index contributed by atoms with van der Waals surface area (Å²) in [6.45, 7) is 1.14. The molecule has 1 aromatic carbocycles. The van der Waals surface area contributed by atoms with Crippen LogP contribution in [0.1, 0.15) is 22.8 Å². The molecule has 2 aromatic heterocycles. The first-order chi connectivity index (χ1) is 16.1. The van der Waals surface area contributed by atoms with Gasteiger partial charge in [-0.1, -0.05) is 0 Å². The van der Waals surface area contributed by atoms with Crippen LogP contribution in [-0.4, -0.2) is 32.9 Å². The largest absolute Gasteiger partial charge is 0.449 e. The van der Waals surface area contributed by atoms with Gasteiger partial charge in [0.2, 0.25) is 5.88 Å². The van der Waals surface area contributed by atoms with Crippen LogP contribution in [0.2, 0.25) is 0 Å². The lowest BCUT2D eigenvalue weighted by atomic mass is 10.1. The number of benzene rings is 1. The number of nitrogens with one attached hydrogen (secondary N) is 1. The second-order valence-corrected chi connectivity index (χ2v) is 6.67. The fourth-order valence-electron chi connectivity index (χ4n) is 2.65. The number of pyridine rings is 2. The number of rotatable bonds is 7. The molecule has 176 valence electrons. The first-order valence-electron chi connectivity index (χ1n) is 9.46. The first kappa shape index (κ1) is 24.1. The number of nitro groups is 1. The lowest BCUT2D eigenvalue weighted by Gasteiger charge is -2.17. The van der Waals surface area contributed by atoms with Crippen LogP contribution in [0.4, 0.5) is 24.5 Å². The molecule has 3 aromatic rings. The normalized spacial score (nSPS) is 11.9. The molecule has 13 heteroatoms. The van der Waals surface area contributed by atoms with Gasteiger partial charge in [-0.3, -0.25) is 19.9 Å². The summed E-state index contributed by atoms with van der Waals surface area (Å²) in [5, 5.41) is 12.8. The zero-order chi connectivity index (χ0) is 24.9. The van der Waals surface area contributed by atoms with Crippen LogP contribution in [-0.2, 0) is 15.7 Å². The second-order valence-electron chi connectivity index (χ2n) is 6.67. The Kier molecular flexibility index (Phi) is 7.04. The monoisotopic (exact) mass is 476 g/mol. The molecule has 1 N–H and O–H groups in total. The summed E-state index contributed by atoms with van der Waals surface area (Å²) >= 11 is 0. The first-order valence-corrected chi connectivity index (χ1v) is 9.46. The van der Waals surface area contributed by atoms with Gasteiger partial charge < -0.3 is 14.8 Å². The Morgan fingerprint density at radius 1 is 1.15 bits per heavy atom. The molecular weight excluding hydrogens is 461 g/mol. The lowest BCUT2D eigenvalue weighted by Crippen LogP contribution is -2.31. The van der Waals surface area contributed by atoms with Crippen LogP contribution >= 0.6 is 0 Å². The number of esters is 1. The molecule has 0 aliphatic carbocycles. The third kappa shape index (κ3) is 5.82. The molecule has 0 spiro atoms. The van der Waals surface area contributed by atoms with E-state index in [9.17, 15) is 32.9 Å². The Labute approximate surface area is 189 Å². The van der Waals surface area contributed by atoms with E-state index in [0.717, 1.165) is 19.1 Å². The molecule has 0 bridgehead atoms. The van der Waals surface area contributed by atoms with Crippen LogP contribution < -0.4 is 10.1 Å². The molecule has 3 rings (SSSR count). The van der Waals surface area contributed by atoms with Gasteiger partial charge in [0.1, 0.15) is 11.3 Å². The standard InChI is InChI=1S/C21H15F3N4O6/c1-12(18(29)27-17-7-6-13(28(31)32)10-16(17)21(22,23)24)33-20(30)15-5-3-9-26-19(15)34-14-4-2-8-25-11-14/h2-12H,1H3,(H,27,29). The third-order valence-electron chi connectivity index (χ3n) is 4.27. The van der Waals surface area contributed by atoms with E-state index in [2.05, 4.69) is 9.97 Å². The van der Waals surface area contributed by atoms with E-state index in [1.165, 1.54) is 30.7 Å². The summed E-state index contributed by atoms with van der Waals surface area (Å²) in [6.07, 6.45) is -2.28. The number of alkyl halides is 3. The van der Waals surface area contributed by atoms with Crippen LogP contribution in [0.5, 0.6) is 11.6 Å². The number of halogens is 3. The molecule has 0 saturated heterocycles. The van der Waals surface area contributed by atoms with Gasteiger partial charge in [0.15, 0.2) is 6.10 Å². The number of hydrogen-bond acceptors (Lipinski definition) is 8. The van der Waals surface area contributed by atoms with Gasteiger partial charge >= 0.3 is 12.1 Å². The van der Waals surface area contributed by atoms with Crippen molar-refractivity contribution in [3.8, 4) is 11.6 Å². The molecule has 0 aliphatic rings. The average Bonchev–Trinajstić information content (AvgIpc) is 2.79. The maximum Gasteiger partial charge on any atom is 0.418 e. The molecule has 34 heavy (non-hydrogen) atoms. The minimum atomic E-state index is -4.98. The number of hydrogen-bond donors (Lipinski definition) is 1. The zero-order valence-electron chi connectivity index (χ0n) is 17.3. The highest BCUT2D eigenvalue weighted by molar-refractivity contribution is 5.98. The van der Waals surface area contributed by atoms with Crippen LogP contribution in [0.3, 0.4) is 0 Å². The van der Waals surface area contributed by atoms with Crippen LogP contribution in [0, 0.1) is 10.1 Å². The number of aromatic nitrogens is 2. The van der Waals surface area contributed by atoms with Crippen molar-refractivity contribution >= 4 is 23.3 Å². The van der Waals surface area contributed by atoms with Crippen LogP contribution in [0.25, 0.3) is 0 Å². The van der Waals surface area contributed by atoms with Crippen molar-refractivity contribution in [1.29, 1.82) is 0 Å². The summed E-state index contributed by atoms with van der Waals surface area (Å²) in [7, 11) is 0. The van der Waals surface area contributed by atoms with Crippen LogP contribution in [0.15, 0.2) is 61.1 Å². The number of anilines is 1. The van der Waals surface area contributed by atoms with Crippen molar-refractivity contribution in [2.75, 3.05) is 5.32 Å². The van der Waals surface area contributed by atoms with Gasteiger partial charge in [-0.05, 0) is 37.3 Å². The summed E-state index contributed by atoms with van der Waals surface area (Å²) in [5.41, 5.74) is -3.10. The minimum Gasteiger partial charge on any atom is -0.449 e. The highest BCUT2D eigenvalue weighted by atomic mass is 19.4. The summed E-state index contributed by atoms with van der Waals surface area (Å²) in [4.78, 5) is 42.6. The predicted molar refractivity (Wildman–Crippen MR) is 110 cm³/mol. The predicted octanol–water partition coefficient (Wildman–Crippen LogP) is 4.38. The fourth-order valence-corrected chi connectivity index (χ4v) is 2.65. The minimum absolute atomic E-state index is 0.136. The Hall–Kier alpha value is -4.55. The number of nitro benzene ring substituents is 1. The fraction of sp³-hybridized carbons (Fsp3) is 0.143. The SMILES string of the molecule is CC(OC(=O)c1cccnc1Oc1cccnc1)C(=O)Nc1ccc([N+](=O)[O-])cc1C(F)(F)F. The lowest BCUT2D eigenvalue weighted by molar-refractivity contribution is -0.385. The maximum atomic E-state index is 13.3. The molecule has 1 atom stereocenters. The second kappa shape index (κ2) is 9.94. The molecule has 2 heterocycles. The Morgan fingerprint density at radius 2 is 1.88 bits per heavy atom. The van der Waals surface area contributed by atoms with E-state index < -0.39 is 46.0 Å². The van der Waals surface area contributed by atoms with Crippen molar-refractivity contribution in [2.24, 2.45) is 0 Å².